The Morgan fingerprint density at radius 2 is 2.23 bits per heavy atom. The van der Waals surface area contributed by atoms with Crippen molar-refractivity contribution in [1.29, 1.82) is 0 Å². The Labute approximate surface area is 220 Å². The number of allylic oxidation sites excluding steroid dienone is 4. The average molecular weight is 770 g/mol. The van der Waals surface area contributed by atoms with E-state index in [0.29, 0.717) is 28.1 Å². The molecule has 3 aliphatic rings. The van der Waals surface area contributed by atoms with E-state index in [1.54, 1.807) is 0 Å². The van der Waals surface area contributed by atoms with Crippen molar-refractivity contribution in [3.8, 4) is 0 Å². The third-order valence-corrected chi connectivity index (χ3v) is 13.4. The molecule has 0 aromatic carbocycles. The maximum atomic E-state index is 12.6. The van der Waals surface area contributed by atoms with E-state index in [1.807, 2.05) is 13.8 Å². The minimum absolute atomic E-state index is 0.0505. The fourth-order valence-electron chi connectivity index (χ4n) is 4.36. The van der Waals surface area contributed by atoms with Crippen molar-refractivity contribution in [3.05, 3.63) is 23.8 Å². The number of aliphatic hydroxyl groups excluding tert-OH is 1. The minimum atomic E-state index is -0.665. The second-order valence-corrected chi connectivity index (χ2v) is 17.1. The van der Waals surface area contributed by atoms with E-state index in [9.17, 15) is 14.7 Å². The molecule has 0 amide bonds. The molecule has 0 spiro atoms. The van der Waals surface area contributed by atoms with Gasteiger partial charge in [0, 0.05) is 0 Å². The molecule has 2 aliphatic carbocycles. The first-order valence-electron chi connectivity index (χ1n) is 11.1. The summed E-state index contributed by atoms with van der Waals surface area (Å²) in [6.45, 7) is 6.29. The molecule has 3 rings (SSSR count). The van der Waals surface area contributed by atoms with Crippen LogP contribution < -0.4 is 65.4 Å². The van der Waals surface area contributed by atoms with Gasteiger partial charge in [0.2, 0.25) is 0 Å². The van der Waals surface area contributed by atoms with E-state index in [1.165, 1.54) is 5.57 Å². The zero-order chi connectivity index (χ0) is 22.6. The van der Waals surface area contributed by atoms with Crippen LogP contribution in [0.3, 0.4) is 0 Å². The summed E-state index contributed by atoms with van der Waals surface area (Å²) in [6.07, 6.45) is 11.3. The third-order valence-electron chi connectivity index (χ3n) is 6.49. The van der Waals surface area contributed by atoms with Crippen LogP contribution in [0.25, 0.3) is 0 Å². The number of halogens is 3. The van der Waals surface area contributed by atoms with Gasteiger partial charge in [0.25, 0.3) is 0 Å². The Morgan fingerprint density at radius 1 is 1.45 bits per heavy atom. The predicted octanol–water partition coefficient (Wildman–Crippen LogP) is -5.71. The molecule has 3 unspecified atom stereocenters. The van der Waals surface area contributed by atoms with Gasteiger partial charge >= 0.3 is 223 Å². The summed E-state index contributed by atoms with van der Waals surface area (Å²) in [4.78, 5) is 24.2. The number of aliphatic hydroxyl groups is 1. The maximum absolute atomic E-state index is 12.6. The van der Waals surface area contributed by atoms with Gasteiger partial charge in [-0.15, -0.1) is 0 Å². The van der Waals surface area contributed by atoms with Gasteiger partial charge in [-0.1, -0.05) is 0 Å². The van der Waals surface area contributed by atoms with Crippen LogP contribution in [0.4, 0.5) is 0 Å². The summed E-state index contributed by atoms with van der Waals surface area (Å²) in [5.74, 6) is 1.20. The standard InChI is InChI=1S/C23H33I3O5/c1-4-23(3,24)22(29)31-26-18-7-5-6-15-9-8-14(2)17(21(15)18)10-11-25-19-12-16(27)13-20(28)30-19/h6,8-9,14,16-19,21,27H,4-5,7,10-13H2,1-3H3/q-3/t14-,16+,17?,18?,19?,21-,23+/m0/s1. The molecule has 0 saturated carbocycles. The summed E-state index contributed by atoms with van der Waals surface area (Å²) in [5, 5.41) is 9.87. The van der Waals surface area contributed by atoms with Gasteiger partial charge in [0.05, 0.1) is 0 Å². The molecule has 1 heterocycles. The number of fused-ring (bicyclic) bond motifs is 1. The molecule has 7 atom stereocenters. The van der Waals surface area contributed by atoms with Gasteiger partial charge in [0.15, 0.2) is 0 Å². The van der Waals surface area contributed by atoms with Gasteiger partial charge in [-0.3, -0.25) is 0 Å². The number of hydrogen-bond donors (Lipinski definition) is 1. The van der Waals surface area contributed by atoms with Crippen LogP contribution in [0.5, 0.6) is 0 Å². The van der Waals surface area contributed by atoms with Gasteiger partial charge in [-0.05, 0) is 0 Å². The van der Waals surface area contributed by atoms with Crippen LogP contribution in [0.2, 0.25) is 0 Å². The molecule has 179 valence electrons. The number of carbonyl (C=O) groups is 2. The quantitative estimate of drug-likeness (QED) is 0.152. The summed E-state index contributed by atoms with van der Waals surface area (Å²) < 4.78 is 12.5. The topological polar surface area (TPSA) is 72.8 Å². The summed E-state index contributed by atoms with van der Waals surface area (Å²) in [7, 11) is 0. The fraction of sp³-hybridized carbons (Fsp3) is 0.739. The molecule has 1 fully saturated rings. The Bertz CT molecular complexity index is 720. The van der Waals surface area contributed by atoms with E-state index in [4.69, 9.17) is 7.80 Å². The van der Waals surface area contributed by atoms with Crippen molar-refractivity contribution in [2.75, 3.05) is 4.43 Å². The van der Waals surface area contributed by atoms with Crippen LogP contribution in [0.15, 0.2) is 23.8 Å². The molecular weight excluding hydrogens is 737 g/mol. The second kappa shape index (κ2) is 11.8. The molecule has 5 nitrogen and oxygen atoms in total. The molecule has 1 saturated heterocycles. The molecule has 31 heavy (non-hydrogen) atoms. The van der Waals surface area contributed by atoms with Crippen molar-refractivity contribution in [3.63, 3.8) is 0 Å². The SMILES string of the molecule is CC[C@@](C)([I-])C(=O)O[I-]C1CCC=C2C=C[C@H](C)C(CC[I-]C3C[C@@H](O)CC(=O)O3)[C@H]21. The molecule has 0 bridgehead atoms. The Hall–Kier alpha value is 0.570. The number of alkyl halides is 4. The van der Waals surface area contributed by atoms with Crippen molar-refractivity contribution < 1.29 is 87.9 Å². The molecule has 8 heteroatoms. The Morgan fingerprint density at radius 3 is 2.94 bits per heavy atom. The Balaban J connectivity index is 1.61. The first-order chi connectivity index (χ1) is 14.7. The zero-order valence-electron chi connectivity index (χ0n) is 18.4. The fourth-order valence-corrected chi connectivity index (χ4v) is 11.0. The van der Waals surface area contributed by atoms with Crippen LogP contribution in [-0.2, 0) is 17.4 Å². The summed E-state index contributed by atoms with van der Waals surface area (Å²) in [6, 6.07) is 0. The number of hydrogen-bond acceptors (Lipinski definition) is 5. The number of esters is 1. The van der Waals surface area contributed by atoms with Crippen molar-refractivity contribution in [2.45, 2.75) is 76.9 Å². The van der Waals surface area contributed by atoms with Crippen molar-refractivity contribution >= 4 is 11.9 Å². The van der Waals surface area contributed by atoms with Gasteiger partial charge < -0.3 is 0 Å². The van der Waals surface area contributed by atoms with Crippen molar-refractivity contribution in [2.24, 2.45) is 17.8 Å². The first kappa shape index (κ1) is 26.2. The molecular formula is C23H33I3O5-3. The van der Waals surface area contributed by atoms with Crippen LogP contribution in [0, 0.1) is 17.8 Å². The van der Waals surface area contributed by atoms with E-state index in [2.05, 4.69) is 47.7 Å². The van der Waals surface area contributed by atoms with Crippen LogP contribution in [0.1, 0.15) is 59.3 Å². The van der Waals surface area contributed by atoms with Gasteiger partial charge in [0.1, 0.15) is 0 Å². The summed E-state index contributed by atoms with van der Waals surface area (Å²) >= 11 is 1.25. The number of ether oxygens (including phenoxy) is 1. The second-order valence-electron chi connectivity index (χ2n) is 8.84. The van der Waals surface area contributed by atoms with Crippen LogP contribution >= 0.6 is 0 Å². The van der Waals surface area contributed by atoms with E-state index in [-0.39, 0.29) is 43.7 Å². The third kappa shape index (κ3) is 7.03. The Kier molecular flexibility index (Phi) is 9.98. The molecule has 1 N–H and O–H groups in total. The van der Waals surface area contributed by atoms with E-state index in [0.717, 1.165) is 30.1 Å². The zero-order valence-corrected chi connectivity index (χ0v) is 24.8. The van der Waals surface area contributed by atoms with Crippen LogP contribution in [-0.4, -0.2) is 39.0 Å². The van der Waals surface area contributed by atoms with Gasteiger partial charge in [-0.25, -0.2) is 0 Å². The van der Waals surface area contributed by atoms with Crippen molar-refractivity contribution in [1.82, 2.24) is 0 Å². The van der Waals surface area contributed by atoms with Gasteiger partial charge in [-0.2, -0.15) is 0 Å². The monoisotopic (exact) mass is 770 g/mol. The summed E-state index contributed by atoms with van der Waals surface area (Å²) in [5.41, 5.74) is 1.43. The average Bonchev–Trinajstić information content (AvgIpc) is 2.72. The molecule has 1 aliphatic heterocycles. The first-order valence-corrected chi connectivity index (χ1v) is 17.1. The molecule has 0 aromatic rings. The van der Waals surface area contributed by atoms with E-state index >= 15 is 0 Å². The normalized spacial score (nSPS) is 35.1. The molecule has 0 aromatic heterocycles. The predicted molar refractivity (Wildman–Crippen MR) is 106 cm³/mol. The number of rotatable bonds is 8. The van der Waals surface area contributed by atoms with E-state index < -0.39 is 31.1 Å². The number of cyclic esters (lactones) is 1. The molecule has 1 radical (unpaired) electrons. The number of carbonyl (C=O) groups excluding carboxylic acids is 2.